The van der Waals surface area contributed by atoms with Crippen LogP contribution in [0.1, 0.15) is 63.3 Å². The van der Waals surface area contributed by atoms with Crippen LogP contribution in [-0.4, -0.2) is 90.1 Å². The number of carbonyl (C=O) groups excluding carboxylic acids is 3. The van der Waals surface area contributed by atoms with E-state index in [1.165, 1.54) is 7.11 Å². The lowest BCUT2D eigenvalue weighted by molar-refractivity contribution is -0.135. The zero-order valence-corrected chi connectivity index (χ0v) is 28.5. The van der Waals surface area contributed by atoms with Crippen LogP contribution in [0.15, 0.2) is 60.9 Å². The van der Waals surface area contributed by atoms with Crippen molar-refractivity contribution in [2.75, 3.05) is 7.11 Å². The van der Waals surface area contributed by atoms with Gasteiger partial charge < -0.3 is 40.2 Å². The predicted octanol–water partition coefficient (Wildman–Crippen LogP) is 4.86. The van der Waals surface area contributed by atoms with E-state index < -0.39 is 24.3 Å². The number of amides is 4. The van der Waals surface area contributed by atoms with Crippen molar-refractivity contribution in [1.29, 1.82) is 0 Å². The van der Waals surface area contributed by atoms with E-state index in [2.05, 4.69) is 59.6 Å². The molecule has 2 saturated heterocycles. The molecule has 264 valence electrons. The Morgan fingerprint density at radius 2 is 1.12 bits per heavy atom. The van der Waals surface area contributed by atoms with Crippen LogP contribution >= 0.6 is 0 Å². The number of carboxylic acid groups (broad SMARTS) is 1. The van der Waals surface area contributed by atoms with E-state index in [9.17, 15) is 19.2 Å². The Kier molecular flexibility index (Phi) is 8.03. The number of H-pyrrole nitrogens is 2. The third-order valence-electron chi connectivity index (χ3n) is 10.9. The average molecular weight is 693 g/mol. The SMILES string of the molecule is COC(=O)N[C@@H](C)C(=O)N1[C@@H]2CC2C[C@H]1c1ncc(-c2ccc(-c3ccc(-c4cnc([C@@H]5CC6C[C@H]6N5C(=O)[C@H](C)NC(=O)O)[nH]4)cc3)cc2)[nH]1. The first-order valence-corrected chi connectivity index (χ1v) is 17.4. The number of alkyl carbamates (subject to hydrolysis) is 1. The first-order valence-electron chi connectivity index (χ1n) is 17.4. The molecule has 4 aromatic rings. The number of fused-ring (bicyclic) bond motifs is 2. The van der Waals surface area contributed by atoms with Crippen LogP contribution in [0, 0.1) is 11.8 Å². The highest BCUT2D eigenvalue weighted by Crippen LogP contribution is 2.54. The van der Waals surface area contributed by atoms with Crippen LogP contribution in [0.2, 0.25) is 0 Å². The van der Waals surface area contributed by atoms with E-state index in [0.29, 0.717) is 17.7 Å². The summed E-state index contributed by atoms with van der Waals surface area (Å²) < 4.78 is 4.67. The van der Waals surface area contributed by atoms with Gasteiger partial charge >= 0.3 is 12.2 Å². The molecule has 5 N–H and O–H groups in total. The molecule has 2 unspecified atom stereocenters. The number of imidazole rings is 2. The third-order valence-corrected chi connectivity index (χ3v) is 10.9. The highest BCUT2D eigenvalue weighted by molar-refractivity contribution is 5.87. The van der Waals surface area contributed by atoms with Crippen molar-refractivity contribution in [1.82, 2.24) is 40.4 Å². The summed E-state index contributed by atoms with van der Waals surface area (Å²) in [6.07, 6.45) is 5.32. The molecule has 4 aliphatic rings. The first kappa shape index (κ1) is 32.5. The van der Waals surface area contributed by atoms with Gasteiger partial charge in [0.25, 0.3) is 0 Å². The Morgan fingerprint density at radius 1 is 0.706 bits per heavy atom. The topological polar surface area (TPSA) is 186 Å². The zero-order valence-electron chi connectivity index (χ0n) is 28.5. The van der Waals surface area contributed by atoms with Gasteiger partial charge in [0.05, 0.1) is 43.0 Å². The fourth-order valence-electron chi connectivity index (χ4n) is 8.02. The lowest BCUT2D eigenvalue weighted by atomic mass is 10.0. The van der Waals surface area contributed by atoms with Gasteiger partial charge in [-0.3, -0.25) is 9.59 Å². The van der Waals surface area contributed by atoms with Gasteiger partial charge in [0.1, 0.15) is 23.7 Å². The standard InChI is InChI=1S/C37H40N8O6/c1-18(40-36(48)49)34(46)44-28-12-24(28)14-30(44)32-38-16-26(42-32)22-8-4-20(5-9-22)21-6-10-23(11-7-21)27-17-39-33(43-27)31-15-25-13-29(25)45(31)35(47)19(2)41-37(50)51-3/h4-11,16-19,24-25,28-31,40H,12-15H2,1-3H3,(H,38,42)(H,39,43)(H,41,50)(H,48,49)/t18-,19-,24?,25?,28+,29+,30-,31-/m0/s1. The van der Waals surface area contributed by atoms with Crippen molar-refractivity contribution in [2.45, 2.75) is 75.8 Å². The maximum Gasteiger partial charge on any atom is 0.407 e. The highest BCUT2D eigenvalue weighted by atomic mass is 16.5. The smallest absolute Gasteiger partial charge is 0.407 e. The van der Waals surface area contributed by atoms with Crippen molar-refractivity contribution in [2.24, 2.45) is 11.8 Å². The van der Waals surface area contributed by atoms with Crippen LogP contribution in [0.5, 0.6) is 0 Å². The van der Waals surface area contributed by atoms with Crippen LogP contribution in [0.3, 0.4) is 0 Å². The summed E-state index contributed by atoms with van der Waals surface area (Å²) in [4.78, 5) is 69.1. The minimum Gasteiger partial charge on any atom is -0.465 e. The number of aromatic amines is 2. The minimum atomic E-state index is -1.22. The van der Waals surface area contributed by atoms with E-state index in [0.717, 1.165) is 65.1 Å². The van der Waals surface area contributed by atoms with E-state index in [-0.39, 0.29) is 36.0 Å². The van der Waals surface area contributed by atoms with Gasteiger partial charge in [-0.2, -0.15) is 0 Å². The summed E-state index contributed by atoms with van der Waals surface area (Å²) in [5.74, 6) is 1.98. The average Bonchev–Trinajstić information content (AvgIpc) is 3.73. The number of methoxy groups -OCH3 is 1. The van der Waals surface area contributed by atoms with Crippen molar-refractivity contribution < 1.29 is 29.0 Å². The maximum absolute atomic E-state index is 13.3. The molecule has 2 saturated carbocycles. The van der Waals surface area contributed by atoms with Crippen molar-refractivity contribution in [3.05, 3.63) is 72.6 Å². The Hall–Kier alpha value is -5.66. The summed E-state index contributed by atoms with van der Waals surface area (Å²) in [5.41, 5.74) is 5.76. The number of ether oxygens (including phenoxy) is 1. The predicted molar refractivity (Wildman–Crippen MR) is 185 cm³/mol. The maximum atomic E-state index is 13.3. The van der Waals surface area contributed by atoms with Crippen LogP contribution in [0.25, 0.3) is 33.6 Å². The van der Waals surface area contributed by atoms with Gasteiger partial charge in [0.15, 0.2) is 0 Å². The second kappa shape index (κ2) is 12.6. The third kappa shape index (κ3) is 6.08. The van der Waals surface area contributed by atoms with Crippen LogP contribution < -0.4 is 10.6 Å². The molecule has 4 fully saturated rings. The summed E-state index contributed by atoms with van der Waals surface area (Å²) >= 11 is 0. The first-order chi connectivity index (χ1) is 24.6. The monoisotopic (exact) mass is 692 g/mol. The number of hydrogen-bond donors (Lipinski definition) is 5. The molecule has 14 heteroatoms. The molecule has 14 nitrogen and oxygen atoms in total. The van der Waals surface area contributed by atoms with Crippen LogP contribution in [0.4, 0.5) is 9.59 Å². The van der Waals surface area contributed by atoms with Gasteiger partial charge in [-0.25, -0.2) is 19.6 Å². The van der Waals surface area contributed by atoms with E-state index >= 15 is 0 Å². The largest absolute Gasteiger partial charge is 0.465 e. The molecule has 8 rings (SSSR count). The molecule has 2 aliphatic heterocycles. The Bertz CT molecular complexity index is 1990. The minimum absolute atomic E-state index is 0.137. The molecular weight excluding hydrogens is 652 g/mol. The number of likely N-dealkylation sites (tertiary alicyclic amines) is 2. The summed E-state index contributed by atoms with van der Waals surface area (Å²) in [5, 5.41) is 14.0. The van der Waals surface area contributed by atoms with E-state index in [1.807, 2.05) is 34.1 Å². The van der Waals surface area contributed by atoms with Crippen molar-refractivity contribution >= 4 is 24.0 Å². The fourth-order valence-corrected chi connectivity index (χ4v) is 8.02. The van der Waals surface area contributed by atoms with Gasteiger partial charge in [-0.1, -0.05) is 48.5 Å². The normalized spacial score (nSPS) is 25.4. The van der Waals surface area contributed by atoms with E-state index in [1.54, 1.807) is 26.2 Å². The number of benzene rings is 2. The second-order valence-corrected chi connectivity index (χ2v) is 14.2. The van der Waals surface area contributed by atoms with E-state index in [4.69, 9.17) is 5.11 Å². The molecule has 0 spiro atoms. The second-order valence-electron chi connectivity index (χ2n) is 14.2. The van der Waals surface area contributed by atoms with Gasteiger partial charge in [-0.15, -0.1) is 0 Å². The molecule has 4 amide bonds. The van der Waals surface area contributed by atoms with Gasteiger partial charge in [-0.05, 0) is 73.6 Å². The lowest BCUT2D eigenvalue weighted by Crippen LogP contribution is -2.47. The molecule has 2 aromatic heterocycles. The summed E-state index contributed by atoms with van der Waals surface area (Å²) in [7, 11) is 1.28. The lowest BCUT2D eigenvalue weighted by Gasteiger charge is -2.29. The number of nitrogens with zero attached hydrogens (tertiary/aromatic N) is 4. The number of aromatic nitrogens is 4. The van der Waals surface area contributed by atoms with Gasteiger partial charge in [0.2, 0.25) is 11.8 Å². The molecule has 0 bridgehead atoms. The zero-order chi connectivity index (χ0) is 35.6. The molecular formula is C37H40N8O6. The number of piperidine rings is 2. The Balaban J connectivity index is 0.926. The molecule has 2 aromatic carbocycles. The quantitative estimate of drug-likeness (QED) is 0.165. The van der Waals surface area contributed by atoms with Gasteiger partial charge in [0, 0.05) is 12.1 Å². The molecule has 51 heavy (non-hydrogen) atoms. The highest BCUT2D eigenvalue weighted by Gasteiger charge is 2.56. The van der Waals surface area contributed by atoms with Crippen LogP contribution in [-0.2, 0) is 14.3 Å². The molecule has 0 radical (unpaired) electrons. The number of rotatable bonds is 9. The molecule has 2 aliphatic carbocycles. The van der Waals surface area contributed by atoms with Crippen molar-refractivity contribution in [3.8, 4) is 33.6 Å². The Morgan fingerprint density at radius 3 is 1.53 bits per heavy atom. The fraction of sp³-hybridized carbons (Fsp3) is 0.405. The summed E-state index contributed by atoms with van der Waals surface area (Å²) in [6, 6.07) is 14.8. The molecule has 8 atom stereocenters. The van der Waals surface area contributed by atoms with Crippen molar-refractivity contribution in [3.63, 3.8) is 0 Å². The Labute approximate surface area is 294 Å². The molecule has 4 heterocycles. The number of nitrogens with one attached hydrogen (secondary N) is 4. The summed E-state index contributed by atoms with van der Waals surface area (Å²) in [6.45, 7) is 3.25. The number of carbonyl (C=O) groups is 4. The number of hydrogen-bond acceptors (Lipinski definition) is 7.